The van der Waals surface area contributed by atoms with Crippen molar-refractivity contribution >= 4 is 5.91 Å². The number of carbonyl (C=O) groups excluding carboxylic acids is 1. The van der Waals surface area contributed by atoms with Crippen LogP contribution in [0, 0.1) is 0 Å². The Morgan fingerprint density at radius 2 is 2.42 bits per heavy atom. The Labute approximate surface area is 139 Å². The van der Waals surface area contributed by atoms with Gasteiger partial charge in [-0.3, -0.25) is 14.7 Å². The highest BCUT2D eigenvalue weighted by Gasteiger charge is 2.33. The number of aromatic nitrogens is 3. The molecule has 3 N–H and O–H groups in total. The predicted octanol–water partition coefficient (Wildman–Crippen LogP) is -0.202. The molecule has 24 heavy (non-hydrogen) atoms. The number of aliphatic hydroxyl groups is 1. The first-order valence-electron chi connectivity index (χ1n) is 7.84. The van der Waals surface area contributed by atoms with E-state index in [0.29, 0.717) is 31.9 Å². The summed E-state index contributed by atoms with van der Waals surface area (Å²) in [4.78, 5) is 25.2. The minimum atomic E-state index is -1.15. The summed E-state index contributed by atoms with van der Waals surface area (Å²) >= 11 is 0. The molecule has 0 saturated carbocycles. The molecule has 1 fully saturated rings. The average Bonchev–Trinajstić information content (AvgIpc) is 3.03. The number of ether oxygens (including phenoxy) is 1. The third kappa shape index (κ3) is 4.38. The van der Waals surface area contributed by atoms with Crippen LogP contribution in [0.3, 0.4) is 0 Å². The number of pyridine rings is 1. The quantitative estimate of drug-likeness (QED) is 0.701. The molecule has 8 nitrogen and oxygen atoms in total. The molecule has 1 saturated heterocycles. The van der Waals surface area contributed by atoms with Gasteiger partial charge in [0.1, 0.15) is 11.3 Å². The Bertz CT molecular complexity index is 649. The number of hydrogen-bond acceptors (Lipinski definition) is 6. The van der Waals surface area contributed by atoms with Crippen LogP contribution in [0.15, 0.2) is 36.9 Å². The van der Waals surface area contributed by atoms with Crippen molar-refractivity contribution in [3.63, 3.8) is 0 Å². The maximum atomic E-state index is 12.1. The van der Waals surface area contributed by atoms with E-state index in [1.165, 1.54) is 0 Å². The number of β-amino-alcohol motifs (C(OH)–C–C–N with tert-alkyl or cyclic N) is 1. The first-order chi connectivity index (χ1) is 11.6. The van der Waals surface area contributed by atoms with Gasteiger partial charge in [0, 0.05) is 37.7 Å². The summed E-state index contributed by atoms with van der Waals surface area (Å²) in [6, 6.07) is 5.13. The number of aromatic amines is 1. The molecule has 0 radical (unpaired) electrons. The first-order valence-corrected chi connectivity index (χ1v) is 7.84. The number of nitrogens with zero attached hydrogens (tertiary/aromatic N) is 3. The average molecular weight is 331 g/mol. The lowest BCUT2D eigenvalue weighted by atomic mass is 10.0. The van der Waals surface area contributed by atoms with Crippen LogP contribution in [0.5, 0.6) is 0 Å². The lowest BCUT2D eigenvalue weighted by Crippen LogP contribution is -2.52. The summed E-state index contributed by atoms with van der Waals surface area (Å²) < 4.78 is 5.51. The van der Waals surface area contributed by atoms with Crippen molar-refractivity contribution in [2.24, 2.45) is 0 Å². The molecule has 0 aromatic carbocycles. The summed E-state index contributed by atoms with van der Waals surface area (Å²) in [7, 11) is 0. The normalized spacial score (nSPS) is 22.0. The highest BCUT2D eigenvalue weighted by Crippen LogP contribution is 2.14. The molecule has 2 aromatic heterocycles. The second kappa shape index (κ2) is 7.52. The first kappa shape index (κ1) is 16.6. The van der Waals surface area contributed by atoms with Crippen LogP contribution < -0.4 is 5.32 Å². The van der Waals surface area contributed by atoms with E-state index in [2.05, 4.69) is 25.2 Å². The van der Waals surface area contributed by atoms with Gasteiger partial charge in [0.05, 0.1) is 26.1 Å². The fraction of sp³-hybridized carbons (Fsp3) is 0.438. The molecule has 8 heteroatoms. The van der Waals surface area contributed by atoms with Crippen molar-refractivity contribution in [2.45, 2.75) is 12.1 Å². The van der Waals surface area contributed by atoms with Crippen LogP contribution in [-0.2, 0) is 11.3 Å². The summed E-state index contributed by atoms with van der Waals surface area (Å²) in [5, 5.41) is 13.6. The molecular weight excluding hydrogens is 310 g/mol. The van der Waals surface area contributed by atoms with E-state index in [1.807, 2.05) is 0 Å². The Morgan fingerprint density at radius 1 is 1.50 bits per heavy atom. The zero-order chi connectivity index (χ0) is 16.8. The standard InChI is InChI=1S/C16H21N5O3/c22-15(14-3-1-2-4-18-14)19-9-16(23)10-21(5-6-24-11-16)8-13-7-17-12-20-13/h1-4,7,12,23H,5-6,8-11H2,(H,17,20)(H,19,22)/t16-/m1/s1. The van der Waals surface area contributed by atoms with Crippen molar-refractivity contribution < 1.29 is 14.6 Å². The van der Waals surface area contributed by atoms with Crippen LogP contribution in [-0.4, -0.2) is 69.3 Å². The SMILES string of the molecule is O=C(NC[C@]1(O)COCCN(Cc2cnc[nH]2)C1)c1ccccn1. The maximum Gasteiger partial charge on any atom is 0.269 e. The van der Waals surface area contributed by atoms with E-state index in [1.54, 1.807) is 36.9 Å². The van der Waals surface area contributed by atoms with Gasteiger partial charge in [0.15, 0.2) is 0 Å². The third-order valence-electron chi connectivity index (χ3n) is 3.86. The third-order valence-corrected chi connectivity index (χ3v) is 3.86. The molecule has 1 amide bonds. The smallest absolute Gasteiger partial charge is 0.269 e. The van der Waals surface area contributed by atoms with Gasteiger partial charge >= 0.3 is 0 Å². The van der Waals surface area contributed by atoms with Gasteiger partial charge in [-0.05, 0) is 12.1 Å². The summed E-state index contributed by atoms with van der Waals surface area (Å²) in [6.07, 6.45) is 4.95. The molecule has 0 spiro atoms. The van der Waals surface area contributed by atoms with Gasteiger partial charge in [0.25, 0.3) is 5.91 Å². The van der Waals surface area contributed by atoms with E-state index in [4.69, 9.17) is 4.74 Å². The summed E-state index contributed by atoms with van der Waals surface area (Å²) in [5.41, 5.74) is 0.141. The second-order valence-electron chi connectivity index (χ2n) is 5.96. The summed E-state index contributed by atoms with van der Waals surface area (Å²) in [5.74, 6) is -0.312. The highest BCUT2D eigenvalue weighted by molar-refractivity contribution is 5.92. The lowest BCUT2D eigenvalue weighted by molar-refractivity contribution is -0.0346. The Morgan fingerprint density at radius 3 is 3.17 bits per heavy atom. The van der Waals surface area contributed by atoms with E-state index >= 15 is 0 Å². The van der Waals surface area contributed by atoms with Gasteiger partial charge < -0.3 is 20.1 Å². The molecule has 2 aromatic rings. The number of H-pyrrole nitrogens is 1. The number of imidazole rings is 1. The molecule has 0 bridgehead atoms. The number of carbonyl (C=O) groups is 1. The topological polar surface area (TPSA) is 103 Å². The minimum absolute atomic E-state index is 0.0991. The molecule has 128 valence electrons. The van der Waals surface area contributed by atoms with Crippen LogP contribution in [0.25, 0.3) is 0 Å². The molecule has 0 aliphatic carbocycles. The summed E-state index contributed by atoms with van der Waals surface area (Å²) in [6.45, 7) is 2.55. The Hall–Kier alpha value is -2.29. The van der Waals surface area contributed by atoms with Crippen molar-refractivity contribution in [1.29, 1.82) is 0 Å². The maximum absolute atomic E-state index is 12.1. The second-order valence-corrected chi connectivity index (χ2v) is 5.96. The van der Waals surface area contributed by atoms with Crippen molar-refractivity contribution in [3.05, 3.63) is 48.3 Å². The van der Waals surface area contributed by atoms with Gasteiger partial charge in [-0.15, -0.1) is 0 Å². The van der Waals surface area contributed by atoms with Crippen molar-refractivity contribution in [2.75, 3.05) is 32.8 Å². The molecule has 1 aliphatic rings. The van der Waals surface area contributed by atoms with Crippen molar-refractivity contribution in [3.8, 4) is 0 Å². The van der Waals surface area contributed by atoms with Gasteiger partial charge in [-0.1, -0.05) is 6.07 Å². The molecule has 1 aliphatic heterocycles. The number of amides is 1. The largest absolute Gasteiger partial charge is 0.384 e. The fourth-order valence-corrected chi connectivity index (χ4v) is 2.68. The number of hydrogen-bond donors (Lipinski definition) is 3. The lowest BCUT2D eigenvalue weighted by Gasteiger charge is -2.30. The Kier molecular flexibility index (Phi) is 5.19. The predicted molar refractivity (Wildman–Crippen MR) is 86.2 cm³/mol. The van der Waals surface area contributed by atoms with E-state index in [9.17, 15) is 9.90 Å². The van der Waals surface area contributed by atoms with Crippen LogP contribution >= 0.6 is 0 Å². The van der Waals surface area contributed by atoms with E-state index in [0.717, 1.165) is 5.69 Å². The van der Waals surface area contributed by atoms with Crippen LogP contribution in [0.4, 0.5) is 0 Å². The molecule has 0 unspecified atom stereocenters. The van der Waals surface area contributed by atoms with Gasteiger partial charge in [0.2, 0.25) is 0 Å². The van der Waals surface area contributed by atoms with Gasteiger partial charge in [-0.25, -0.2) is 4.98 Å². The minimum Gasteiger partial charge on any atom is -0.384 e. The number of nitrogens with one attached hydrogen (secondary N) is 2. The zero-order valence-electron chi connectivity index (χ0n) is 13.3. The van der Waals surface area contributed by atoms with Gasteiger partial charge in [-0.2, -0.15) is 0 Å². The number of rotatable bonds is 5. The highest BCUT2D eigenvalue weighted by atomic mass is 16.5. The molecular formula is C16H21N5O3. The van der Waals surface area contributed by atoms with Crippen LogP contribution in [0.1, 0.15) is 16.2 Å². The van der Waals surface area contributed by atoms with Crippen molar-refractivity contribution in [1.82, 2.24) is 25.2 Å². The Balaban J connectivity index is 1.59. The van der Waals surface area contributed by atoms with Crippen LogP contribution in [0.2, 0.25) is 0 Å². The van der Waals surface area contributed by atoms with E-state index < -0.39 is 5.60 Å². The molecule has 3 heterocycles. The monoisotopic (exact) mass is 331 g/mol. The van der Waals surface area contributed by atoms with E-state index in [-0.39, 0.29) is 19.1 Å². The molecule has 3 rings (SSSR count). The zero-order valence-corrected chi connectivity index (χ0v) is 13.3. The fourth-order valence-electron chi connectivity index (χ4n) is 2.68. The molecule has 1 atom stereocenters.